The number of benzene rings is 2. The van der Waals surface area contributed by atoms with Gasteiger partial charge in [-0.1, -0.05) is 19.1 Å². The second kappa shape index (κ2) is 12.4. The molecule has 11 nitrogen and oxygen atoms in total. The van der Waals surface area contributed by atoms with Crippen molar-refractivity contribution in [2.45, 2.75) is 30.7 Å². The maximum absolute atomic E-state index is 12.1. The van der Waals surface area contributed by atoms with Crippen molar-refractivity contribution < 1.29 is 13.2 Å². The first-order valence-electron chi connectivity index (χ1n) is 13.8. The van der Waals surface area contributed by atoms with Gasteiger partial charge in [-0.3, -0.25) is 4.90 Å². The highest BCUT2D eigenvalue weighted by Gasteiger charge is 2.27. The number of nitrogens with zero attached hydrogens (tertiary/aromatic N) is 6. The number of piperidine rings is 1. The Kier molecular flexibility index (Phi) is 8.67. The Morgan fingerprint density at radius 1 is 0.925 bits per heavy atom. The molecule has 2 saturated heterocycles. The molecule has 3 aromatic rings. The summed E-state index contributed by atoms with van der Waals surface area (Å²) in [6.45, 7) is 9.93. The van der Waals surface area contributed by atoms with Gasteiger partial charge in [-0.25, -0.2) is 18.4 Å². The summed E-state index contributed by atoms with van der Waals surface area (Å²) in [5.41, 5.74) is 2.25. The number of hydrogen-bond acceptors (Lipinski definition) is 11. The average Bonchev–Trinajstić information content (AvgIpc) is 2.97. The molecule has 3 heterocycles. The summed E-state index contributed by atoms with van der Waals surface area (Å²) < 4.78 is 30.0. The van der Waals surface area contributed by atoms with E-state index in [1.165, 1.54) is 38.5 Å². The molecule has 2 aliphatic heterocycles. The van der Waals surface area contributed by atoms with E-state index in [0.29, 0.717) is 23.4 Å². The summed E-state index contributed by atoms with van der Waals surface area (Å²) >= 11 is 0. The largest absolute Gasteiger partial charge is 0.494 e. The van der Waals surface area contributed by atoms with Crippen LogP contribution in [0.3, 0.4) is 0 Å². The molecule has 0 unspecified atom stereocenters. The molecule has 0 bridgehead atoms. The van der Waals surface area contributed by atoms with E-state index < -0.39 is 9.84 Å². The molecule has 2 aliphatic rings. The molecule has 1 aromatic heterocycles. The van der Waals surface area contributed by atoms with Crippen LogP contribution in [0.15, 0.2) is 53.7 Å². The van der Waals surface area contributed by atoms with Gasteiger partial charge in [-0.15, -0.1) is 0 Å². The minimum Gasteiger partial charge on any atom is -0.494 e. The van der Waals surface area contributed by atoms with Gasteiger partial charge in [0, 0.05) is 50.2 Å². The van der Waals surface area contributed by atoms with Crippen LogP contribution in [-0.2, 0) is 9.84 Å². The van der Waals surface area contributed by atoms with E-state index in [1.54, 1.807) is 31.4 Å². The summed E-state index contributed by atoms with van der Waals surface area (Å²) in [6.07, 6.45) is 5.06. The van der Waals surface area contributed by atoms with Crippen molar-refractivity contribution in [3.8, 4) is 5.75 Å². The Morgan fingerprint density at radius 2 is 1.60 bits per heavy atom. The number of methoxy groups -OCH3 is 1. The monoisotopic (exact) mass is 566 g/mol. The first-order chi connectivity index (χ1) is 19.3. The third-order valence-corrected chi connectivity index (χ3v) is 8.89. The number of nitrogens with one attached hydrogen (secondary N) is 2. The van der Waals surface area contributed by atoms with Crippen molar-refractivity contribution in [1.82, 2.24) is 24.8 Å². The first-order valence-corrected chi connectivity index (χ1v) is 15.6. The highest BCUT2D eigenvalue weighted by molar-refractivity contribution is 7.90. The second-order valence-corrected chi connectivity index (χ2v) is 12.2. The van der Waals surface area contributed by atoms with Crippen molar-refractivity contribution in [3.05, 3.63) is 48.8 Å². The van der Waals surface area contributed by atoms with Crippen LogP contribution in [0.5, 0.6) is 5.75 Å². The van der Waals surface area contributed by atoms with E-state index in [1.807, 2.05) is 12.1 Å². The minimum atomic E-state index is -3.42. The van der Waals surface area contributed by atoms with Crippen molar-refractivity contribution in [1.29, 1.82) is 0 Å². The SMILES string of the molecule is CCN1CCC(N2CCN(c3ccc(Nc4ncnc(Nc5ccccc5S(C)(=O)=O)n4)c(OC)c3)CC2)CC1. The van der Waals surface area contributed by atoms with Gasteiger partial charge in [0.1, 0.15) is 12.1 Å². The van der Waals surface area contributed by atoms with Crippen LogP contribution in [0.4, 0.5) is 29.0 Å². The zero-order valence-electron chi connectivity index (χ0n) is 23.4. The third-order valence-electron chi connectivity index (χ3n) is 7.74. The average molecular weight is 567 g/mol. The molecule has 2 N–H and O–H groups in total. The van der Waals surface area contributed by atoms with E-state index >= 15 is 0 Å². The number of sulfone groups is 1. The number of aromatic nitrogens is 3. The fourth-order valence-electron chi connectivity index (χ4n) is 5.48. The van der Waals surface area contributed by atoms with Gasteiger partial charge >= 0.3 is 0 Å². The van der Waals surface area contributed by atoms with Crippen LogP contribution in [0.25, 0.3) is 0 Å². The smallest absolute Gasteiger partial charge is 0.232 e. The highest BCUT2D eigenvalue weighted by Crippen LogP contribution is 2.32. The lowest BCUT2D eigenvalue weighted by atomic mass is 10.0. The van der Waals surface area contributed by atoms with Gasteiger partial charge < -0.3 is 25.2 Å². The zero-order valence-corrected chi connectivity index (χ0v) is 24.2. The predicted molar refractivity (Wildman–Crippen MR) is 158 cm³/mol. The Hall–Kier alpha value is -3.48. The Morgan fingerprint density at radius 3 is 2.25 bits per heavy atom. The molecular weight excluding hydrogens is 528 g/mol. The molecule has 214 valence electrons. The summed E-state index contributed by atoms with van der Waals surface area (Å²) in [5.74, 6) is 1.22. The van der Waals surface area contributed by atoms with Crippen molar-refractivity contribution in [2.75, 3.05) is 74.7 Å². The molecule has 0 saturated carbocycles. The lowest BCUT2D eigenvalue weighted by molar-refractivity contribution is 0.106. The number of rotatable bonds is 9. The lowest BCUT2D eigenvalue weighted by Gasteiger charge is -2.43. The van der Waals surface area contributed by atoms with Crippen LogP contribution >= 0.6 is 0 Å². The van der Waals surface area contributed by atoms with Gasteiger partial charge in [0.15, 0.2) is 9.84 Å². The number of anilines is 5. The molecule has 2 fully saturated rings. The van der Waals surface area contributed by atoms with Crippen LogP contribution in [0.2, 0.25) is 0 Å². The molecule has 40 heavy (non-hydrogen) atoms. The van der Waals surface area contributed by atoms with Crippen molar-refractivity contribution >= 4 is 38.8 Å². The summed E-state index contributed by atoms with van der Waals surface area (Å²) in [4.78, 5) is 20.6. The maximum atomic E-state index is 12.1. The van der Waals surface area contributed by atoms with E-state index in [4.69, 9.17) is 4.74 Å². The molecule has 0 spiro atoms. The van der Waals surface area contributed by atoms with Crippen LogP contribution < -0.4 is 20.3 Å². The van der Waals surface area contributed by atoms with Gasteiger partial charge in [-0.2, -0.15) is 4.98 Å². The molecule has 2 aromatic carbocycles. The number of piperazine rings is 1. The molecule has 0 radical (unpaired) electrons. The van der Waals surface area contributed by atoms with Gasteiger partial charge in [0.05, 0.1) is 23.4 Å². The van der Waals surface area contributed by atoms with Gasteiger partial charge in [0.25, 0.3) is 0 Å². The van der Waals surface area contributed by atoms with Crippen LogP contribution in [0, 0.1) is 0 Å². The number of likely N-dealkylation sites (tertiary alicyclic amines) is 1. The fraction of sp³-hybridized carbons (Fsp3) is 0.464. The highest BCUT2D eigenvalue weighted by atomic mass is 32.2. The number of ether oxygens (including phenoxy) is 1. The summed E-state index contributed by atoms with van der Waals surface area (Å²) in [6, 6.07) is 13.4. The van der Waals surface area contributed by atoms with E-state index in [2.05, 4.69) is 53.3 Å². The Bertz CT molecular complexity index is 1400. The Balaban J connectivity index is 1.23. The van der Waals surface area contributed by atoms with E-state index in [-0.39, 0.29) is 10.8 Å². The lowest BCUT2D eigenvalue weighted by Crippen LogP contribution is -2.53. The van der Waals surface area contributed by atoms with Crippen molar-refractivity contribution in [2.24, 2.45) is 0 Å². The second-order valence-electron chi connectivity index (χ2n) is 10.2. The minimum absolute atomic E-state index is 0.171. The third kappa shape index (κ3) is 6.62. The molecule has 5 rings (SSSR count). The molecule has 0 aliphatic carbocycles. The maximum Gasteiger partial charge on any atom is 0.232 e. The topological polar surface area (TPSA) is 116 Å². The zero-order chi connectivity index (χ0) is 28.1. The first kappa shape index (κ1) is 28.1. The van der Waals surface area contributed by atoms with Gasteiger partial charge in [0.2, 0.25) is 11.9 Å². The molecule has 0 amide bonds. The normalized spacial score (nSPS) is 17.5. The van der Waals surface area contributed by atoms with Crippen molar-refractivity contribution in [3.63, 3.8) is 0 Å². The summed E-state index contributed by atoms with van der Waals surface area (Å²) in [5, 5.41) is 6.20. The molecule has 12 heteroatoms. The quantitative estimate of drug-likeness (QED) is 0.397. The molecular formula is C28H38N8O3S. The van der Waals surface area contributed by atoms with Crippen LogP contribution in [-0.4, -0.2) is 98.4 Å². The standard InChI is InChI=1S/C28H38N8O3S/c1-4-34-13-11-21(12-14-34)35-15-17-36(18-16-35)22-9-10-23(25(19-22)39-2)31-27-29-20-30-28(33-27)32-24-7-5-6-8-26(24)40(3,37)38/h5-10,19-21H,4,11-18H2,1-3H3,(H2,29,30,31,32,33). The number of hydrogen-bond donors (Lipinski definition) is 2. The summed E-state index contributed by atoms with van der Waals surface area (Å²) in [7, 11) is -1.77. The predicted octanol–water partition coefficient (Wildman–Crippen LogP) is 3.38. The van der Waals surface area contributed by atoms with Gasteiger partial charge in [-0.05, 0) is 56.7 Å². The van der Waals surface area contributed by atoms with Crippen LogP contribution in [0.1, 0.15) is 19.8 Å². The Labute approximate surface area is 236 Å². The molecule has 0 atom stereocenters. The van der Waals surface area contributed by atoms with E-state index in [9.17, 15) is 8.42 Å². The van der Waals surface area contributed by atoms with E-state index in [0.717, 1.165) is 44.1 Å². The fourth-order valence-corrected chi connectivity index (χ4v) is 6.32. The number of para-hydroxylation sites is 1.